The third kappa shape index (κ3) is 4.10. The van der Waals surface area contributed by atoms with Crippen LogP contribution in [0, 0.1) is 13.8 Å². The average Bonchev–Trinajstić information content (AvgIpc) is 2.98. The molecule has 4 rings (SSSR count). The Morgan fingerprint density at radius 3 is 2.52 bits per heavy atom. The van der Waals surface area contributed by atoms with E-state index in [1.165, 1.54) is 59.2 Å². The van der Waals surface area contributed by atoms with Crippen molar-refractivity contribution in [1.29, 1.82) is 0 Å². The van der Waals surface area contributed by atoms with Crippen LogP contribution < -0.4 is 0 Å². The molecule has 0 unspecified atom stereocenters. The lowest BCUT2D eigenvalue weighted by Gasteiger charge is -2.36. The molecule has 1 aliphatic rings. The molecule has 142 valence electrons. The monoisotopic (exact) mass is 361 g/mol. The normalized spacial score (nSPS) is 16.4. The van der Waals surface area contributed by atoms with E-state index in [-0.39, 0.29) is 0 Å². The van der Waals surface area contributed by atoms with Gasteiger partial charge in [0.25, 0.3) is 0 Å². The van der Waals surface area contributed by atoms with E-state index in [9.17, 15) is 0 Å². The highest BCUT2D eigenvalue weighted by Gasteiger charge is 2.23. The van der Waals surface area contributed by atoms with Crippen molar-refractivity contribution >= 4 is 10.9 Å². The molecule has 0 atom stereocenters. The minimum Gasteiger partial charge on any atom is -0.357 e. The Morgan fingerprint density at radius 2 is 1.78 bits per heavy atom. The lowest BCUT2D eigenvalue weighted by Crippen LogP contribution is -2.42. The summed E-state index contributed by atoms with van der Waals surface area (Å²) in [5.74, 6) is 0. The molecule has 1 fully saturated rings. The minimum atomic E-state index is 0.688. The maximum Gasteiger partial charge on any atom is 0.0459 e. The predicted molar refractivity (Wildman–Crippen MR) is 114 cm³/mol. The smallest absolute Gasteiger partial charge is 0.0459 e. The number of piperidine rings is 1. The molecule has 2 aromatic carbocycles. The van der Waals surface area contributed by atoms with Gasteiger partial charge in [0.1, 0.15) is 0 Å². The van der Waals surface area contributed by atoms with Crippen molar-refractivity contribution in [1.82, 2.24) is 14.8 Å². The van der Waals surface area contributed by atoms with Gasteiger partial charge in [0.2, 0.25) is 0 Å². The van der Waals surface area contributed by atoms with Crippen LogP contribution in [0.4, 0.5) is 0 Å². The van der Waals surface area contributed by atoms with Crippen molar-refractivity contribution in [3.63, 3.8) is 0 Å². The van der Waals surface area contributed by atoms with Gasteiger partial charge < -0.3 is 4.98 Å². The highest BCUT2D eigenvalue weighted by Crippen LogP contribution is 2.25. The molecule has 0 saturated carbocycles. The summed E-state index contributed by atoms with van der Waals surface area (Å²) in [5, 5.41) is 1.38. The third-order valence-electron chi connectivity index (χ3n) is 6.15. The van der Waals surface area contributed by atoms with Crippen LogP contribution >= 0.6 is 0 Å². The van der Waals surface area contributed by atoms with Crippen molar-refractivity contribution in [3.05, 3.63) is 70.9 Å². The maximum atomic E-state index is 3.65. The van der Waals surface area contributed by atoms with Crippen LogP contribution in [-0.4, -0.2) is 41.0 Å². The van der Waals surface area contributed by atoms with Crippen LogP contribution in [0.3, 0.4) is 0 Å². The first kappa shape index (κ1) is 18.3. The van der Waals surface area contributed by atoms with Crippen molar-refractivity contribution < 1.29 is 0 Å². The Bertz CT molecular complexity index is 889. The van der Waals surface area contributed by atoms with Crippen LogP contribution in [0.5, 0.6) is 0 Å². The highest BCUT2D eigenvalue weighted by atomic mass is 15.2. The van der Waals surface area contributed by atoms with Gasteiger partial charge >= 0.3 is 0 Å². The number of H-pyrrole nitrogens is 1. The zero-order valence-electron chi connectivity index (χ0n) is 16.8. The molecule has 3 aromatic rings. The Kier molecular flexibility index (Phi) is 5.33. The van der Waals surface area contributed by atoms with Crippen LogP contribution in [-0.2, 0) is 13.1 Å². The van der Waals surface area contributed by atoms with Crippen LogP contribution in [0.15, 0.2) is 48.5 Å². The summed E-state index contributed by atoms with van der Waals surface area (Å²) in [5.41, 5.74) is 6.80. The van der Waals surface area contributed by atoms with Gasteiger partial charge in [-0.25, -0.2) is 0 Å². The summed E-state index contributed by atoms with van der Waals surface area (Å²) in [6.45, 7) is 8.87. The van der Waals surface area contributed by atoms with E-state index in [1.54, 1.807) is 0 Å². The Morgan fingerprint density at radius 1 is 1.04 bits per heavy atom. The number of hydrogen-bond donors (Lipinski definition) is 1. The second-order valence-electron chi connectivity index (χ2n) is 8.19. The highest BCUT2D eigenvalue weighted by molar-refractivity contribution is 5.85. The number of likely N-dealkylation sites (tertiary alicyclic amines) is 1. The molecule has 1 aromatic heterocycles. The second-order valence-corrected chi connectivity index (χ2v) is 8.19. The van der Waals surface area contributed by atoms with Crippen molar-refractivity contribution in [2.24, 2.45) is 0 Å². The number of rotatable bonds is 5. The first-order chi connectivity index (χ1) is 13.1. The number of fused-ring (bicyclic) bond motifs is 1. The van der Waals surface area contributed by atoms with E-state index in [2.05, 4.69) is 84.2 Å². The summed E-state index contributed by atoms with van der Waals surface area (Å²) >= 11 is 0. The zero-order chi connectivity index (χ0) is 18.8. The van der Waals surface area contributed by atoms with Gasteiger partial charge in [0.05, 0.1) is 0 Å². The summed E-state index contributed by atoms with van der Waals surface area (Å²) in [6, 6.07) is 18.2. The Labute approximate surface area is 163 Å². The molecule has 2 heterocycles. The zero-order valence-corrected chi connectivity index (χ0v) is 16.8. The fraction of sp³-hybridized carbons (Fsp3) is 0.417. The lowest BCUT2D eigenvalue weighted by atomic mass is 10.0. The number of aromatic amines is 1. The quantitative estimate of drug-likeness (QED) is 0.699. The van der Waals surface area contributed by atoms with Gasteiger partial charge in [-0.05, 0) is 57.0 Å². The number of aryl methyl sites for hydroxylation is 2. The molecule has 1 saturated heterocycles. The maximum absolute atomic E-state index is 3.65. The Hall–Kier alpha value is -2.10. The van der Waals surface area contributed by atoms with Gasteiger partial charge in [-0.3, -0.25) is 9.80 Å². The third-order valence-corrected chi connectivity index (χ3v) is 6.15. The summed E-state index contributed by atoms with van der Waals surface area (Å²) in [4.78, 5) is 8.79. The molecule has 0 radical (unpaired) electrons. The van der Waals surface area contributed by atoms with E-state index in [0.29, 0.717) is 6.04 Å². The number of aromatic nitrogens is 1. The molecule has 0 spiro atoms. The van der Waals surface area contributed by atoms with E-state index in [1.807, 2.05) is 0 Å². The first-order valence-corrected chi connectivity index (χ1v) is 10.1. The number of nitrogens with one attached hydrogen (secondary N) is 1. The molecular formula is C24H31N3. The van der Waals surface area contributed by atoms with Crippen molar-refractivity contribution in [2.45, 2.75) is 45.8 Å². The summed E-state index contributed by atoms with van der Waals surface area (Å²) in [7, 11) is 2.28. The van der Waals surface area contributed by atoms with E-state index < -0.39 is 0 Å². The van der Waals surface area contributed by atoms with E-state index >= 15 is 0 Å². The molecule has 0 bridgehead atoms. The Balaban J connectivity index is 1.35. The van der Waals surface area contributed by atoms with Crippen molar-refractivity contribution in [3.8, 4) is 0 Å². The molecule has 27 heavy (non-hydrogen) atoms. The predicted octanol–water partition coefficient (Wildman–Crippen LogP) is 4.88. The first-order valence-electron chi connectivity index (χ1n) is 10.1. The summed E-state index contributed by atoms with van der Waals surface area (Å²) < 4.78 is 0. The molecule has 1 aliphatic heterocycles. The molecule has 0 aliphatic carbocycles. The minimum absolute atomic E-state index is 0.688. The molecule has 3 heteroatoms. The van der Waals surface area contributed by atoms with Crippen LogP contribution in [0.2, 0.25) is 0 Å². The SMILES string of the molecule is Cc1ccc2[nH]c(CN3CCC(N(C)Cc4ccccc4)CC3)c(C)c2c1. The fourth-order valence-electron chi connectivity index (χ4n) is 4.40. The van der Waals surface area contributed by atoms with Gasteiger partial charge in [0, 0.05) is 48.8 Å². The van der Waals surface area contributed by atoms with Crippen LogP contribution in [0.25, 0.3) is 10.9 Å². The van der Waals surface area contributed by atoms with Gasteiger partial charge in [-0.2, -0.15) is 0 Å². The van der Waals surface area contributed by atoms with Gasteiger partial charge in [0.15, 0.2) is 0 Å². The lowest BCUT2D eigenvalue weighted by molar-refractivity contribution is 0.118. The second kappa shape index (κ2) is 7.87. The molecule has 1 N–H and O–H groups in total. The number of nitrogens with zero attached hydrogens (tertiary/aromatic N) is 2. The number of benzene rings is 2. The molecule has 3 nitrogen and oxygen atoms in total. The molecule has 0 amide bonds. The van der Waals surface area contributed by atoms with Gasteiger partial charge in [-0.15, -0.1) is 0 Å². The van der Waals surface area contributed by atoms with Crippen molar-refractivity contribution in [2.75, 3.05) is 20.1 Å². The molecular weight excluding hydrogens is 330 g/mol. The number of hydrogen-bond acceptors (Lipinski definition) is 2. The average molecular weight is 362 g/mol. The topological polar surface area (TPSA) is 22.3 Å². The van der Waals surface area contributed by atoms with E-state index in [0.717, 1.165) is 13.1 Å². The van der Waals surface area contributed by atoms with Crippen LogP contribution in [0.1, 0.15) is 35.2 Å². The van der Waals surface area contributed by atoms with Gasteiger partial charge in [-0.1, -0.05) is 42.0 Å². The van der Waals surface area contributed by atoms with E-state index in [4.69, 9.17) is 0 Å². The summed E-state index contributed by atoms with van der Waals surface area (Å²) in [6.07, 6.45) is 2.50. The largest absolute Gasteiger partial charge is 0.357 e. The standard InChI is InChI=1S/C24H31N3/c1-18-9-10-23-22(15-18)19(2)24(25-23)17-27-13-11-21(12-14-27)26(3)16-20-7-5-4-6-8-20/h4-10,15,21,25H,11-14,16-17H2,1-3H3. The fourth-order valence-corrected chi connectivity index (χ4v) is 4.40.